The molecule has 2 saturated heterocycles. The molecule has 2 aliphatic carbocycles. The zero-order chi connectivity index (χ0) is 13.8. The summed E-state index contributed by atoms with van der Waals surface area (Å²) in [4.78, 5) is 0. The molecular formula is C14H19BrO2S. The van der Waals surface area contributed by atoms with Crippen LogP contribution in [0, 0.1) is 29.1 Å². The highest BCUT2D eigenvalue weighted by atomic mass is 79.9. The van der Waals surface area contributed by atoms with Crippen LogP contribution in [0.4, 0.5) is 0 Å². The molecule has 6 atom stereocenters. The van der Waals surface area contributed by atoms with E-state index in [1.165, 1.54) is 0 Å². The Morgan fingerprint density at radius 3 is 2.17 bits per heavy atom. The third kappa shape index (κ3) is 0.693. The predicted molar refractivity (Wildman–Crippen MR) is 76.2 cm³/mol. The van der Waals surface area contributed by atoms with E-state index < -0.39 is 19.3 Å². The Kier molecular flexibility index (Phi) is 2.06. The molecule has 0 radical (unpaired) electrons. The van der Waals surface area contributed by atoms with Gasteiger partial charge in [-0.1, -0.05) is 42.1 Å². The van der Waals surface area contributed by atoms with Crippen LogP contribution < -0.4 is 0 Å². The van der Waals surface area contributed by atoms with E-state index in [0.29, 0.717) is 0 Å². The van der Waals surface area contributed by atoms with Gasteiger partial charge >= 0.3 is 0 Å². The second-order valence-electron chi connectivity index (χ2n) is 6.42. The lowest BCUT2D eigenvalue weighted by molar-refractivity contribution is 0.353. The van der Waals surface area contributed by atoms with Gasteiger partial charge in [0.1, 0.15) is 0 Å². The van der Waals surface area contributed by atoms with Crippen molar-refractivity contribution in [2.24, 2.45) is 17.3 Å². The average molecular weight is 331 g/mol. The van der Waals surface area contributed by atoms with E-state index in [0.717, 1.165) is 6.42 Å². The zero-order valence-electron chi connectivity index (χ0n) is 11.5. The summed E-state index contributed by atoms with van der Waals surface area (Å²) in [6, 6.07) is 0. The first-order valence-corrected chi connectivity index (χ1v) is 8.77. The standard InChI is InChI=1S/C14H19BrO2S/c1-6-8-10-11(3)9(7-2)14(15)12(10,4)13(14,5)18(11,16)17/h9-10H,7H2,1-5H3. The summed E-state index contributed by atoms with van der Waals surface area (Å²) >= 11 is 3.84. The summed E-state index contributed by atoms with van der Waals surface area (Å²) in [5, 5.41) is 0. The largest absolute Gasteiger partial charge is 0.228 e. The molecule has 2 nitrogen and oxygen atoms in total. The van der Waals surface area contributed by atoms with Gasteiger partial charge < -0.3 is 0 Å². The fraction of sp³-hybridized carbons (Fsp3) is 0.857. The first-order valence-electron chi connectivity index (χ1n) is 6.49. The molecule has 2 saturated carbocycles. The Morgan fingerprint density at radius 1 is 1.28 bits per heavy atom. The Hall–Kier alpha value is -0.0100. The third-order valence-corrected chi connectivity index (χ3v) is 12.4. The Labute approximate surface area is 118 Å². The number of hydrogen-bond donors (Lipinski definition) is 0. The first kappa shape index (κ1) is 13.0. The lowest BCUT2D eigenvalue weighted by Gasteiger charge is -2.28. The van der Waals surface area contributed by atoms with Crippen molar-refractivity contribution in [3.8, 4) is 11.8 Å². The molecule has 4 aliphatic rings. The molecule has 0 aromatic carbocycles. The van der Waals surface area contributed by atoms with Crippen LogP contribution in [0.1, 0.15) is 41.0 Å². The predicted octanol–water partition coefficient (Wildman–Crippen LogP) is 2.77. The van der Waals surface area contributed by atoms with Crippen molar-refractivity contribution in [2.75, 3.05) is 0 Å². The minimum absolute atomic E-state index is 0.0469. The second kappa shape index (κ2) is 2.86. The number of halogens is 1. The SMILES string of the molecule is CC#CC1C2(C)C3(Br)C(CC)C1(C)S(=O)(=O)C23C. The topological polar surface area (TPSA) is 34.1 Å². The van der Waals surface area contributed by atoms with Crippen LogP contribution >= 0.6 is 15.9 Å². The first-order chi connectivity index (χ1) is 8.14. The second-order valence-corrected chi connectivity index (χ2v) is 10.4. The van der Waals surface area contributed by atoms with Gasteiger partial charge in [0.05, 0.1) is 13.8 Å². The summed E-state index contributed by atoms with van der Waals surface area (Å²) in [6.45, 7) is 9.84. The van der Waals surface area contributed by atoms with Crippen LogP contribution in [-0.2, 0) is 9.84 Å². The van der Waals surface area contributed by atoms with Gasteiger partial charge in [-0.05, 0) is 26.7 Å². The molecule has 2 heterocycles. The number of sulfone groups is 1. The van der Waals surface area contributed by atoms with Crippen molar-refractivity contribution in [1.29, 1.82) is 0 Å². The van der Waals surface area contributed by atoms with Crippen LogP contribution in [0.15, 0.2) is 0 Å². The Bertz CT molecular complexity index is 615. The van der Waals surface area contributed by atoms with E-state index >= 15 is 0 Å². The molecule has 4 heteroatoms. The van der Waals surface area contributed by atoms with Crippen molar-refractivity contribution in [1.82, 2.24) is 0 Å². The average Bonchev–Trinajstić information content (AvgIpc) is 2.51. The molecule has 0 N–H and O–H groups in total. The van der Waals surface area contributed by atoms with Gasteiger partial charge in [-0.2, -0.15) is 0 Å². The van der Waals surface area contributed by atoms with Gasteiger partial charge in [0, 0.05) is 11.3 Å². The van der Waals surface area contributed by atoms with Crippen molar-refractivity contribution in [3.63, 3.8) is 0 Å². The molecule has 0 aromatic rings. The van der Waals surface area contributed by atoms with E-state index in [1.807, 2.05) is 13.8 Å². The van der Waals surface area contributed by atoms with Gasteiger partial charge in [-0.15, -0.1) is 5.92 Å². The fourth-order valence-electron chi connectivity index (χ4n) is 5.61. The molecule has 0 aromatic heterocycles. The minimum atomic E-state index is -3.15. The summed E-state index contributed by atoms with van der Waals surface area (Å²) in [6.07, 6.45) is 0.883. The highest BCUT2D eigenvalue weighted by molar-refractivity contribution is 9.10. The van der Waals surface area contributed by atoms with Gasteiger partial charge in [0.25, 0.3) is 0 Å². The third-order valence-electron chi connectivity index (χ3n) is 6.51. The summed E-state index contributed by atoms with van der Waals surface area (Å²) in [5.41, 5.74) is -0.239. The van der Waals surface area contributed by atoms with Crippen LogP contribution in [-0.4, -0.2) is 22.2 Å². The molecule has 100 valence electrons. The van der Waals surface area contributed by atoms with E-state index in [1.54, 1.807) is 6.92 Å². The zero-order valence-corrected chi connectivity index (χ0v) is 13.9. The van der Waals surface area contributed by atoms with E-state index in [2.05, 4.69) is 41.6 Å². The maximum absolute atomic E-state index is 13.0. The molecule has 18 heavy (non-hydrogen) atoms. The van der Waals surface area contributed by atoms with E-state index in [-0.39, 0.29) is 21.6 Å². The Morgan fingerprint density at radius 2 is 1.83 bits per heavy atom. The summed E-state index contributed by atoms with van der Waals surface area (Å²) < 4.78 is 24.4. The normalized spacial score (nSPS) is 62.3. The minimum Gasteiger partial charge on any atom is -0.228 e. The van der Waals surface area contributed by atoms with Crippen molar-refractivity contribution in [3.05, 3.63) is 0 Å². The maximum atomic E-state index is 13.0. The smallest absolute Gasteiger partial charge is 0.164 e. The van der Waals surface area contributed by atoms with E-state index in [4.69, 9.17) is 0 Å². The molecule has 0 spiro atoms. The summed E-state index contributed by atoms with van der Waals surface area (Å²) in [5.74, 6) is 6.29. The van der Waals surface area contributed by atoms with Gasteiger partial charge in [0.2, 0.25) is 0 Å². The van der Waals surface area contributed by atoms with Crippen LogP contribution in [0.25, 0.3) is 0 Å². The van der Waals surface area contributed by atoms with Crippen LogP contribution in [0.2, 0.25) is 0 Å². The lowest BCUT2D eigenvalue weighted by atomic mass is 9.79. The summed E-state index contributed by atoms with van der Waals surface area (Å²) in [7, 11) is -3.15. The molecule has 0 amide bonds. The van der Waals surface area contributed by atoms with Crippen LogP contribution in [0.5, 0.6) is 0 Å². The van der Waals surface area contributed by atoms with E-state index in [9.17, 15) is 8.42 Å². The lowest BCUT2D eigenvalue weighted by Crippen LogP contribution is -2.39. The number of rotatable bonds is 1. The Balaban J connectivity index is 2.40. The number of hydrogen-bond acceptors (Lipinski definition) is 2. The van der Waals surface area contributed by atoms with Gasteiger partial charge in [-0.25, -0.2) is 8.42 Å². The highest BCUT2D eigenvalue weighted by Crippen LogP contribution is 2.94. The maximum Gasteiger partial charge on any atom is 0.164 e. The molecule has 4 fully saturated rings. The monoisotopic (exact) mass is 330 g/mol. The fourth-order valence-corrected chi connectivity index (χ4v) is 12.0. The van der Waals surface area contributed by atoms with Crippen molar-refractivity contribution >= 4 is 25.8 Å². The molecule has 4 rings (SSSR count). The van der Waals surface area contributed by atoms with Crippen molar-refractivity contribution in [2.45, 2.75) is 54.9 Å². The number of alkyl halides is 1. The molecule has 6 unspecified atom stereocenters. The highest BCUT2D eigenvalue weighted by Gasteiger charge is 3.05. The van der Waals surface area contributed by atoms with Gasteiger partial charge in [0.15, 0.2) is 9.84 Å². The molecule has 4 bridgehead atoms. The quantitative estimate of drug-likeness (QED) is 0.547. The molecular weight excluding hydrogens is 312 g/mol. The molecule has 2 aliphatic heterocycles. The van der Waals surface area contributed by atoms with Gasteiger partial charge in [-0.3, -0.25) is 0 Å². The van der Waals surface area contributed by atoms with Crippen LogP contribution in [0.3, 0.4) is 0 Å². The van der Waals surface area contributed by atoms with Crippen molar-refractivity contribution < 1.29 is 8.42 Å².